The van der Waals surface area contributed by atoms with Crippen molar-refractivity contribution in [3.63, 3.8) is 0 Å². The van der Waals surface area contributed by atoms with Crippen LogP contribution in [0.3, 0.4) is 0 Å². The first-order chi connectivity index (χ1) is 5.24. The zero-order valence-electron chi connectivity index (χ0n) is 6.99. The summed E-state index contributed by atoms with van der Waals surface area (Å²) in [5.41, 5.74) is 0. The fourth-order valence-corrected chi connectivity index (χ4v) is 1.45. The summed E-state index contributed by atoms with van der Waals surface area (Å²) in [7, 11) is 0. The lowest BCUT2D eigenvalue weighted by Crippen LogP contribution is -2.22. The molecule has 0 amide bonds. The summed E-state index contributed by atoms with van der Waals surface area (Å²) < 4.78 is 5.54. The van der Waals surface area contributed by atoms with Gasteiger partial charge >= 0.3 is 0 Å². The van der Waals surface area contributed by atoms with Crippen LogP contribution < -0.4 is 0 Å². The fraction of sp³-hybridized carbons (Fsp3) is 0.778. The van der Waals surface area contributed by atoms with Crippen LogP contribution in [0, 0.1) is 0 Å². The quantitative estimate of drug-likeness (QED) is 0.627. The molecule has 1 saturated heterocycles. The van der Waals surface area contributed by atoms with Crippen LogP contribution in [0.15, 0.2) is 12.7 Å². The Hall–Kier alpha value is -0.340. The first-order valence-electron chi connectivity index (χ1n) is 4.18. The zero-order valence-corrected chi connectivity index (χ0v) is 6.99. The monoisotopic (exact) mass is 156 g/mol. The molecule has 1 fully saturated rings. The summed E-state index contributed by atoms with van der Waals surface area (Å²) in [4.78, 5) is 0. The molecule has 0 saturated carbocycles. The van der Waals surface area contributed by atoms with Crippen molar-refractivity contribution in [2.24, 2.45) is 0 Å². The average molecular weight is 156 g/mol. The molecule has 1 rings (SSSR count). The number of ether oxygens (including phenoxy) is 1. The molecule has 0 spiro atoms. The van der Waals surface area contributed by atoms with E-state index >= 15 is 0 Å². The Labute approximate surface area is 67.9 Å². The minimum absolute atomic E-state index is 0.0555. The summed E-state index contributed by atoms with van der Waals surface area (Å²) in [6.45, 7) is 5.43. The van der Waals surface area contributed by atoms with Crippen molar-refractivity contribution in [1.29, 1.82) is 0 Å². The third kappa shape index (κ3) is 2.31. The number of aliphatic hydroxyl groups excluding tert-OH is 1. The van der Waals surface area contributed by atoms with Gasteiger partial charge in [0.25, 0.3) is 0 Å². The maximum Gasteiger partial charge on any atom is 0.0836 e. The molecule has 11 heavy (non-hydrogen) atoms. The van der Waals surface area contributed by atoms with Gasteiger partial charge in [0.2, 0.25) is 0 Å². The molecule has 0 unspecified atom stereocenters. The summed E-state index contributed by atoms with van der Waals surface area (Å²) >= 11 is 0. The van der Waals surface area contributed by atoms with Crippen molar-refractivity contribution >= 4 is 0 Å². The molecule has 0 aromatic carbocycles. The van der Waals surface area contributed by atoms with E-state index in [9.17, 15) is 5.11 Å². The van der Waals surface area contributed by atoms with Crippen LogP contribution in [0.1, 0.15) is 26.2 Å². The predicted octanol–water partition coefficient (Wildman–Crippen LogP) is 1.49. The van der Waals surface area contributed by atoms with Crippen molar-refractivity contribution in [1.82, 2.24) is 0 Å². The predicted molar refractivity (Wildman–Crippen MR) is 44.4 cm³/mol. The van der Waals surface area contributed by atoms with Gasteiger partial charge in [0, 0.05) is 0 Å². The highest BCUT2D eigenvalue weighted by molar-refractivity contribution is 4.82. The van der Waals surface area contributed by atoms with Crippen molar-refractivity contribution in [3.8, 4) is 0 Å². The normalized spacial score (nSPS) is 33.6. The molecule has 64 valence electrons. The lowest BCUT2D eigenvalue weighted by molar-refractivity contribution is -0.0250. The van der Waals surface area contributed by atoms with Gasteiger partial charge in [0.15, 0.2) is 0 Å². The van der Waals surface area contributed by atoms with Crippen LogP contribution in [0.25, 0.3) is 0 Å². The highest BCUT2D eigenvalue weighted by Crippen LogP contribution is 2.24. The van der Waals surface area contributed by atoms with Crippen LogP contribution >= 0.6 is 0 Å². The lowest BCUT2D eigenvalue weighted by atomic mass is 10.1. The molecular formula is C9H16O2. The topological polar surface area (TPSA) is 29.5 Å². The standard InChI is InChI=1S/C9H16O2/c1-3-4-8-5-6-9(11-8)7(2)10/h3,7-10H,1,4-6H2,2H3/t7-,8-,9+/m1/s1. The SMILES string of the molecule is C=CC[C@@H]1CC[C@@H]([C@@H](C)O)O1. The molecule has 1 heterocycles. The molecule has 0 aromatic rings. The Balaban J connectivity index is 2.28. The van der Waals surface area contributed by atoms with E-state index in [1.54, 1.807) is 6.92 Å². The van der Waals surface area contributed by atoms with Crippen molar-refractivity contribution < 1.29 is 9.84 Å². The Morgan fingerprint density at radius 1 is 1.73 bits per heavy atom. The van der Waals surface area contributed by atoms with Gasteiger partial charge in [-0.25, -0.2) is 0 Å². The number of hydrogen-bond donors (Lipinski definition) is 1. The number of rotatable bonds is 3. The number of hydrogen-bond acceptors (Lipinski definition) is 2. The van der Waals surface area contributed by atoms with Crippen LogP contribution in [-0.4, -0.2) is 23.4 Å². The minimum Gasteiger partial charge on any atom is -0.391 e. The first kappa shape index (κ1) is 8.75. The van der Waals surface area contributed by atoms with Gasteiger partial charge in [-0.05, 0) is 26.2 Å². The van der Waals surface area contributed by atoms with E-state index in [1.807, 2.05) is 6.08 Å². The molecule has 1 N–H and O–H groups in total. The molecule has 0 aliphatic carbocycles. The van der Waals surface area contributed by atoms with E-state index in [0.717, 1.165) is 19.3 Å². The van der Waals surface area contributed by atoms with Gasteiger partial charge in [-0.15, -0.1) is 6.58 Å². The first-order valence-corrected chi connectivity index (χ1v) is 4.18. The summed E-state index contributed by atoms with van der Waals surface area (Å²) in [5.74, 6) is 0. The average Bonchev–Trinajstić information content (AvgIpc) is 2.37. The van der Waals surface area contributed by atoms with Crippen molar-refractivity contribution in [3.05, 3.63) is 12.7 Å². The molecule has 1 aliphatic rings. The van der Waals surface area contributed by atoms with Gasteiger partial charge in [0.1, 0.15) is 0 Å². The summed E-state index contributed by atoms with van der Waals surface area (Å²) in [6, 6.07) is 0. The van der Waals surface area contributed by atoms with Crippen LogP contribution in [-0.2, 0) is 4.74 Å². The van der Waals surface area contributed by atoms with Gasteiger partial charge in [0.05, 0.1) is 18.3 Å². The molecule has 2 heteroatoms. The fourth-order valence-electron chi connectivity index (χ4n) is 1.45. The molecule has 3 atom stereocenters. The molecule has 2 nitrogen and oxygen atoms in total. The number of aliphatic hydroxyl groups is 1. The Morgan fingerprint density at radius 2 is 2.45 bits per heavy atom. The molecule has 0 radical (unpaired) electrons. The van der Waals surface area contributed by atoms with Gasteiger partial charge in [-0.1, -0.05) is 6.08 Å². The lowest BCUT2D eigenvalue weighted by Gasteiger charge is -2.14. The van der Waals surface area contributed by atoms with Crippen LogP contribution in [0.4, 0.5) is 0 Å². The smallest absolute Gasteiger partial charge is 0.0836 e. The third-order valence-corrected chi connectivity index (χ3v) is 2.11. The van der Waals surface area contributed by atoms with Crippen molar-refractivity contribution in [2.75, 3.05) is 0 Å². The Bertz CT molecular complexity index is 132. The molecular weight excluding hydrogens is 140 g/mol. The second-order valence-electron chi connectivity index (χ2n) is 3.14. The molecule has 0 aromatic heterocycles. The molecule has 1 aliphatic heterocycles. The maximum atomic E-state index is 9.19. The largest absolute Gasteiger partial charge is 0.391 e. The summed E-state index contributed by atoms with van der Waals surface area (Å²) in [6.07, 6.45) is 4.84. The second-order valence-corrected chi connectivity index (χ2v) is 3.14. The molecule has 0 bridgehead atoms. The van der Waals surface area contributed by atoms with E-state index in [1.165, 1.54) is 0 Å². The van der Waals surface area contributed by atoms with Gasteiger partial charge < -0.3 is 9.84 Å². The Kier molecular flexibility index (Phi) is 3.09. The minimum atomic E-state index is -0.329. The van der Waals surface area contributed by atoms with Gasteiger partial charge in [-0.2, -0.15) is 0 Å². The Morgan fingerprint density at radius 3 is 2.91 bits per heavy atom. The zero-order chi connectivity index (χ0) is 8.27. The highest BCUT2D eigenvalue weighted by atomic mass is 16.5. The van der Waals surface area contributed by atoms with E-state index < -0.39 is 0 Å². The van der Waals surface area contributed by atoms with Crippen molar-refractivity contribution in [2.45, 2.75) is 44.5 Å². The van der Waals surface area contributed by atoms with E-state index in [0.29, 0.717) is 6.10 Å². The van der Waals surface area contributed by atoms with E-state index in [4.69, 9.17) is 4.74 Å². The third-order valence-electron chi connectivity index (χ3n) is 2.11. The summed E-state index contributed by atoms with van der Waals surface area (Å²) in [5, 5.41) is 9.19. The van der Waals surface area contributed by atoms with E-state index in [-0.39, 0.29) is 12.2 Å². The highest BCUT2D eigenvalue weighted by Gasteiger charge is 2.27. The van der Waals surface area contributed by atoms with Gasteiger partial charge in [-0.3, -0.25) is 0 Å². The van der Waals surface area contributed by atoms with Crippen LogP contribution in [0.5, 0.6) is 0 Å². The second kappa shape index (κ2) is 3.88. The van der Waals surface area contributed by atoms with Crippen LogP contribution in [0.2, 0.25) is 0 Å². The maximum absolute atomic E-state index is 9.19. The van der Waals surface area contributed by atoms with E-state index in [2.05, 4.69) is 6.58 Å².